The molecule has 2 unspecified atom stereocenters. The largest absolute Gasteiger partial charge is 0.394 e. The van der Waals surface area contributed by atoms with Gasteiger partial charge in [-0.05, 0) is 38.2 Å². The molecule has 0 saturated carbocycles. The van der Waals surface area contributed by atoms with Crippen LogP contribution in [0.5, 0.6) is 0 Å². The van der Waals surface area contributed by atoms with Crippen LogP contribution in [0.4, 0.5) is 0 Å². The molecule has 1 rings (SSSR count). The summed E-state index contributed by atoms with van der Waals surface area (Å²) in [4.78, 5) is 36.2. The van der Waals surface area contributed by atoms with Crippen LogP contribution >= 0.6 is 0 Å². The van der Waals surface area contributed by atoms with E-state index in [1.54, 1.807) is 0 Å². The highest BCUT2D eigenvalue weighted by atomic mass is 16.7. The second kappa shape index (κ2) is 38.3. The van der Waals surface area contributed by atoms with Gasteiger partial charge in [0.2, 0.25) is 17.7 Å². The maximum Gasteiger partial charge on any atom is 0.243 e. The molecule has 358 valence electrons. The molecular formula is C47H89N3O11. The van der Waals surface area contributed by atoms with E-state index < -0.39 is 55.6 Å². The Morgan fingerprint density at radius 3 is 1.59 bits per heavy atom. The molecule has 1 fully saturated rings. The predicted octanol–water partition coefficient (Wildman–Crippen LogP) is 5.76. The van der Waals surface area contributed by atoms with Crippen LogP contribution in [0.1, 0.15) is 193 Å². The Morgan fingerprint density at radius 2 is 1.08 bits per heavy atom. The van der Waals surface area contributed by atoms with Crippen molar-refractivity contribution in [1.82, 2.24) is 16.0 Å². The number of aliphatic hydroxyl groups is 6. The fraction of sp³-hybridized carbons (Fsp3) is 0.894. The molecule has 8 atom stereocenters. The average molecular weight is 872 g/mol. The fourth-order valence-corrected chi connectivity index (χ4v) is 7.73. The molecular weight excluding hydrogens is 783 g/mol. The Kier molecular flexibility index (Phi) is 35.7. The van der Waals surface area contributed by atoms with E-state index >= 15 is 0 Å². The average Bonchev–Trinajstić information content (AvgIpc) is 3.25. The van der Waals surface area contributed by atoms with Crippen molar-refractivity contribution in [2.24, 2.45) is 0 Å². The van der Waals surface area contributed by atoms with Gasteiger partial charge in [-0.3, -0.25) is 14.4 Å². The third-order valence-corrected chi connectivity index (χ3v) is 11.8. The molecule has 1 saturated heterocycles. The molecule has 61 heavy (non-hydrogen) atoms. The van der Waals surface area contributed by atoms with Gasteiger partial charge in [-0.1, -0.05) is 155 Å². The number of hydrogen-bond donors (Lipinski definition) is 9. The molecule has 1 aliphatic heterocycles. The molecule has 0 spiro atoms. The summed E-state index contributed by atoms with van der Waals surface area (Å²) in [6.45, 7) is 6.08. The SMILES string of the molecule is C=CC(=O)NCCCCCCCC(=O)NCCCCCCCCCCCC(=O)N[C@@H](CO[C@H]1OC(CO)[C@H](O)[C@H](O)C1O)[C@H](O)[C@H](O)CCCCCCCCCCCCCC. The van der Waals surface area contributed by atoms with Gasteiger partial charge in [-0.15, -0.1) is 0 Å². The number of rotatable bonds is 41. The van der Waals surface area contributed by atoms with E-state index in [9.17, 15) is 45.0 Å². The standard InChI is InChI=1S/C47H89N3O11/c1-3-5-6-7-8-9-10-11-13-16-20-25-30-38(52)43(56)37(36-60-47-46(59)45(58)44(57)39(35-51)61-47)50-42(55)32-27-21-17-14-12-15-18-23-29-34-49-41(54)31-26-22-19-24-28-33-48-40(53)4-2/h4,37-39,43-47,51-52,56-59H,2-3,5-36H2,1H3,(H,48,53)(H,49,54)(H,50,55)/t37-,38+,39?,43-,44-,45-,46?,47-/m0/s1. The number of carbonyl (C=O) groups is 3. The number of carbonyl (C=O) groups excluding carboxylic acids is 3. The van der Waals surface area contributed by atoms with Crippen LogP contribution in [0.15, 0.2) is 12.7 Å². The summed E-state index contributed by atoms with van der Waals surface area (Å²) in [7, 11) is 0. The van der Waals surface area contributed by atoms with Crippen LogP contribution in [-0.2, 0) is 23.9 Å². The second-order valence-corrected chi connectivity index (χ2v) is 17.2. The normalized spacial score (nSPS) is 20.5. The van der Waals surface area contributed by atoms with Gasteiger partial charge >= 0.3 is 0 Å². The van der Waals surface area contributed by atoms with Crippen molar-refractivity contribution in [3.63, 3.8) is 0 Å². The van der Waals surface area contributed by atoms with Crippen LogP contribution in [0.25, 0.3) is 0 Å². The summed E-state index contributed by atoms with van der Waals surface area (Å²) in [5.74, 6) is -0.325. The van der Waals surface area contributed by atoms with Crippen molar-refractivity contribution in [2.75, 3.05) is 26.3 Å². The summed E-state index contributed by atoms with van der Waals surface area (Å²) >= 11 is 0. The van der Waals surface area contributed by atoms with E-state index in [-0.39, 0.29) is 30.7 Å². The minimum atomic E-state index is -1.63. The third-order valence-electron chi connectivity index (χ3n) is 11.8. The highest BCUT2D eigenvalue weighted by molar-refractivity contribution is 5.86. The van der Waals surface area contributed by atoms with Crippen molar-refractivity contribution < 1.29 is 54.5 Å². The van der Waals surface area contributed by atoms with Gasteiger partial charge in [0, 0.05) is 25.9 Å². The lowest BCUT2D eigenvalue weighted by Crippen LogP contribution is -2.60. The molecule has 1 aliphatic rings. The van der Waals surface area contributed by atoms with Crippen molar-refractivity contribution in [3.8, 4) is 0 Å². The number of ether oxygens (including phenoxy) is 2. The van der Waals surface area contributed by atoms with Gasteiger partial charge in [0.25, 0.3) is 0 Å². The topological polar surface area (TPSA) is 227 Å². The Balaban J connectivity index is 2.30. The number of amides is 3. The predicted molar refractivity (Wildman–Crippen MR) is 239 cm³/mol. The van der Waals surface area contributed by atoms with Crippen LogP contribution in [0, 0.1) is 0 Å². The fourth-order valence-electron chi connectivity index (χ4n) is 7.73. The first-order chi connectivity index (χ1) is 29.5. The maximum atomic E-state index is 13.0. The van der Waals surface area contributed by atoms with Crippen molar-refractivity contribution >= 4 is 17.7 Å². The molecule has 0 aromatic rings. The quantitative estimate of drug-likeness (QED) is 0.0265. The van der Waals surface area contributed by atoms with E-state index in [2.05, 4.69) is 29.5 Å². The molecule has 0 radical (unpaired) electrons. The highest BCUT2D eigenvalue weighted by Crippen LogP contribution is 2.23. The summed E-state index contributed by atoms with van der Waals surface area (Å²) in [5, 5.41) is 70.9. The zero-order chi connectivity index (χ0) is 44.9. The summed E-state index contributed by atoms with van der Waals surface area (Å²) < 4.78 is 11.1. The summed E-state index contributed by atoms with van der Waals surface area (Å²) in [6, 6.07) is -1.02. The monoisotopic (exact) mass is 872 g/mol. The highest BCUT2D eigenvalue weighted by Gasteiger charge is 2.44. The maximum absolute atomic E-state index is 13.0. The molecule has 14 nitrogen and oxygen atoms in total. The Morgan fingerprint density at radius 1 is 0.623 bits per heavy atom. The molecule has 1 heterocycles. The van der Waals surface area contributed by atoms with Gasteiger partial charge in [0.15, 0.2) is 6.29 Å². The lowest BCUT2D eigenvalue weighted by Gasteiger charge is -2.40. The van der Waals surface area contributed by atoms with Gasteiger partial charge in [-0.2, -0.15) is 0 Å². The first-order valence-corrected chi connectivity index (χ1v) is 24.3. The summed E-state index contributed by atoms with van der Waals surface area (Å²) in [6.07, 6.45) is 20.6. The zero-order valence-corrected chi connectivity index (χ0v) is 38.0. The number of hydrogen-bond acceptors (Lipinski definition) is 11. The van der Waals surface area contributed by atoms with Gasteiger partial charge in [0.1, 0.15) is 30.5 Å². The third kappa shape index (κ3) is 29.0. The molecule has 14 heteroatoms. The Hall–Kier alpha value is -2.17. The van der Waals surface area contributed by atoms with Gasteiger partial charge in [0.05, 0.1) is 25.4 Å². The molecule has 0 bridgehead atoms. The minimum Gasteiger partial charge on any atom is -0.394 e. The molecule has 9 N–H and O–H groups in total. The number of aliphatic hydroxyl groups excluding tert-OH is 6. The number of unbranched alkanes of at least 4 members (excludes halogenated alkanes) is 23. The zero-order valence-electron chi connectivity index (χ0n) is 38.0. The van der Waals surface area contributed by atoms with E-state index in [1.807, 2.05) is 0 Å². The van der Waals surface area contributed by atoms with Gasteiger partial charge < -0.3 is 56.1 Å². The molecule has 3 amide bonds. The Bertz CT molecular complexity index is 1100. The lowest BCUT2D eigenvalue weighted by atomic mass is 9.98. The van der Waals surface area contributed by atoms with Crippen LogP contribution in [0.3, 0.4) is 0 Å². The van der Waals surface area contributed by atoms with E-state index in [0.717, 1.165) is 109 Å². The number of nitrogens with one attached hydrogen (secondary N) is 3. The second-order valence-electron chi connectivity index (χ2n) is 17.2. The van der Waals surface area contributed by atoms with E-state index in [4.69, 9.17) is 9.47 Å². The van der Waals surface area contributed by atoms with E-state index in [1.165, 1.54) is 57.4 Å². The van der Waals surface area contributed by atoms with Crippen molar-refractivity contribution in [3.05, 3.63) is 12.7 Å². The van der Waals surface area contributed by atoms with Crippen LogP contribution < -0.4 is 16.0 Å². The molecule has 0 aromatic carbocycles. The van der Waals surface area contributed by atoms with Crippen LogP contribution in [-0.4, -0.2) is 124 Å². The smallest absolute Gasteiger partial charge is 0.243 e. The van der Waals surface area contributed by atoms with Gasteiger partial charge in [-0.25, -0.2) is 0 Å². The molecule has 0 aliphatic carbocycles. The molecule has 0 aromatic heterocycles. The minimum absolute atomic E-state index is 0.114. The van der Waals surface area contributed by atoms with E-state index in [0.29, 0.717) is 32.4 Å². The van der Waals surface area contributed by atoms with Crippen molar-refractivity contribution in [1.29, 1.82) is 0 Å². The lowest BCUT2D eigenvalue weighted by molar-refractivity contribution is -0.303. The first kappa shape index (κ1) is 56.8. The Labute approximate surface area is 368 Å². The van der Waals surface area contributed by atoms with Crippen molar-refractivity contribution in [2.45, 2.75) is 242 Å². The summed E-state index contributed by atoms with van der Waals surface area (Å²) in [5.41, 5.74) is 0. The first-order valence-electron chi connectivity index (χ1n) is 24.3. The van der Waals surface area contributed by atoms with Crippen LogP contribution in [0.2, 0.25) is 0 Å².